The Morgan fingerprint density at radius 2 is 1.69 bits per heavy atom. The lowest BCUT2D eigenvalue weighted by Gasteiger charge is -2.26. The number of carbonyl (C=O) groups excluding carboxylic acids is 2. The van der Waals surface area contributed by atoms with Crippen LogP contribution in [-0.4, -0.2) is 59.9 Å². The quantitative estimate of drug-likeness (QED) is 0.382. The fourth-order valence-electron chi connectivity index (χ4n) is 3.88. The highest BCUT2D eigenvalue weighted by atomic mass is 16.5. The van der Waals surface area contributed by atoms with E-state index in [1.165, 1.54) is 0 Å². The van der Waals surface area contributed by atoms with Gasteiger partial charge < -0.3 is 19.6 Å². The maximum absolute atomic E-state index is 13.0. The van der Waals surface area contributed by atoms with Gasteiger partial charge in [0.2, 0.25) is 0 Å². The summed E-state index contributed by atoms with van der Waals surface area (Å²) >= 11 is 0. The van der Waals surface area contributed by atoms with Crippen LogP contribution < -0.4 is 4.74 Å². The molecule has 32 heavy (non-hydrogen) atoms. The van der Waals surface area contributed by atoms with E-state index in [4.69, 9.17) is 4.74 Å². The van der Waals surface area contributed by atoms with Crippen LogP contribution in [0.2, 0.25) is 0 Å². The van der Waals surface area contributed by atoms with Crippen LogP contribution in [0.3, 0.4) is 0 Å². The van der Waals surface area contributed by atoms with Crippen LogP contribution in [0.15, 0.2) is 54.1 Å². The summed E-state index contributed by atoms with van der Waals surface area (Å²) in [5.41, 5.74) is 2.49. The molecule has 0 bridgehead atoms. The molecule has 0 spiro atoms. The summed E-state index contributed by atoms with van der Waals surface area (Å²) in [6, 6.07) is 14.0. The standard InChI is InChI=1S/C26H32N2O4/c1-17(2)32-21-13-11-20(12-14-21)24(29)22-23(19-9-7-18(3)8-10-19)28(26(31)25(22)30)16-6-15-27(4)5/h7-14,17,23,29H,6,15-16H2,1-5H3/b24-22+/t23-/m1/s1. The number of amides is 1. The molecule has 0 radical (unpaired) electrons. The van der Waals surface area contributed by atoms with Crippen molar-refractivity contribution in [2.24, 2.45) is 0 Å². The van der Waals surface area contributed by atoms with Crippen molar-refractivity contribution < 1.29 is 19.4 Å². The van der Waals surface area contributed by atoms with Gasteiger partial charge in [-0.2, -0.15) is 0 Å². The van der Waals surface area contributed by atoms with Crippen molar-refractivity contribution in [3.05, 3.63) is 70.8 Å². The van der Waals surface area contributed by atoms with Crippen molar-refractivity contribution >= 4 is 17.4 Å². The van der Waals surface area contributed by atoms with Gasteiger partial charge in [-0.25, -0.2) is 0 Å². The van der Waals surface area contributed by atoms with Crippen LogP contribution >= 0.6 is 0 Å². The van der Waals surface area contributed by atoms with Gasteiger partial charge >= 0.3 is 0 Å². The van der Waals surface area contributed by atoms with Gasteiger partial charge in [-0.05, 0) is 77.7 Å². The van der Waals surface area contributed by atoms with Gasteiger partial charge in [0.15, 0.2) is 0 Å². The number of Topliss-reactive ketones (excluding diaryl/α,β-unsaturated/α-hetero) is 1. The molecular formula is C26H32N2O4. The lowest BCUT2D eigenvalue weighted by Crippen LogP contribution is -2.32. The number of aryl methyl sites for hydroxylation is 1. The summed E-state index contributed by atoms with van der Waals surface area (Å²) in [5.74, 6) is -0.716. The van der Waals surface area contributed by atoms with Gasteiger partial charge in [0.1, 0.15) is 11.5 Å². The molecule has 1 aliphatic rings. The Morgan fingerprint density at radius 3 is 2.25 bits per heavy atom. The second kappa shape index (κ2) is 10.0. The van der Waals surface area contributed by atoms with Crippen LogP contribution in [0, 0.1) is 6.92 Å². The number of hydrogen-bond acceptors (Lipinski definition) is 5. The largest absolute Gasteiger partial charge is 0.507 e. The molecule has 1 heterocycles. The Labute approximate surface area is 190 Å². The number of aliphatic hydroxyl groups excluding tert-OH is 1. The number of ether oxygens (including phenoxy) is 1. The predicted molar refractivity (Wildman–Crippen MR) is 126 cm³/mol. The van der Waals surface area contributed by atoms with E-state index in [2.05, 4.69) is 0 Å². The van der Waals surface area contributed by atoms with E-state index in [9.17, 15) is 14.7 Å². The van der Waals surface area contributed by atoms with Crippen molar-refractivity contribution in [1.82, 2.24) is 9.80 Å². The topological polar surface area (TPSA) is 70.1 Å². The Morgan fingerprint density at radius 1 is 1.06 bits per heavy atom. The van der Waals surface area contributed by atoms with Crippen LogP contribution in [0.1, 0.15) is 43.0 Å². The van der Waals surface area contributed by atoms with Gasteiger partial charge in [0.05, 0.1) is 17.7 Å². The summed E-state index contributed by atoms with van der Waals surface area (Å²) in [4.78, 5) is 29.6. The van der Waals surface area contributed by atoms with Gasteiger partial charge in [0.25, 0.3) is 11.7 Å². The highest BCUT2D eigenvalue weighted by molar-refractivity contribution is 6.46. The third-order valence-electron chi connectivity index (χ3n) is 5.44. The van der Waals surface area contributed by atoms with Gasteiger partial charge in [-0.3, -0.25) is 9.59 Å². The summed E-state index contributed by atoms with van der Waals surface area (Å²) in [6.45, 7) is 7.08. The number of carbonyl (C=O) groups is 2. The normalized spacial score (nSPS) is 18.1. The molecule has 6 heteroatoms. The number of likely N-dealkylation sites (tertiary alicyclic amines) is 1. The SMILES string of the molecule is Cc1ccc([C@@H]2/C(=C(\O)c3ccc(OC(C)C)cc3)C(=O)C(=O)N2CCCN(C)C)cc1. The average Bonchev–Trinajstić information content (AvgIpc) is 2.99. The van der Waals surface area contributed by atoms with Crippen molar-refractivity contribution in [2.45, 2.75) is 39.3 Å². The summed E-state index contributed by atoms with van der Waals surface area (Å²) in [5, 5.41) is 11.1. The zero-order valence-corrected chi connectivity index (χ0v) is 19.5. The Bertz CT molecular complexity index is 991. The van der Waals surface area contributed by atoms with E-state index >= 15 is 0 Å². The maximum atomic E-state index is 13.0. The molecule has 0 aliphatic carbocycles. The average molecular weight is 437 g/mol. The number of hydrogen-bond donors (Lipinski definition) is 1. The second-order valence-corrected chi connectivity index (χ2v) is 8.75. The van der Waals surface area contributed by atoms with E-state index in [0.29, 0.717) is 17.9 Å². The van der Waals surface area contributed by atoms with Gasteiger partial charge in [-0.15, -0.1) is 0 Å². The fraction of sp³-hybridized carbons (Fsp3) is 0.385. The number of ketones is 1. The summed E-state index contributed by atoms with van der Waals surface area (Å²) < 4.78 is 5.66. The molecule has 0 aromatic heterocycles. The lowest BCUT2D eigenvalue weighted by atomic mass is 9.94. The van der Waals surface area contributed by atoms with Crippen molar-refractivity contribution in [3.8, 4) is 5.75 Å². The van der Waals surface area contributed by atoms with Crippen LogP contribution in [0.25, 0.3) is 5.76 Å². The molecule has 170 valence electrons. The van der Waals surface area contributed by atoms with Gasteiger partial charge in [0, 0.05) is 12.1 Å². The first-order valence-electron chi connectivity index (χ1n) is 11.0. The van der Waals surface area contributed by atoms with Crippen molar-refractivity contribution in [2.75, 3.05) is 27.2 Å². The molecule has 1 N–H and O–H groups in total. The van der Waals surface area contributed by atoms with Crippen LogP contribution in [0.4, 0.5) is 0 Å². The van der Waals surface area contributed by atoms with Crippen LogP contribution in [0.5, 0.6) is 5.75 Å². The Balaban J connectivity index is 2.03. The zero-order valence-electron chi connectivity index (χ0n) is 19.5. The fourth-order valence-corrected chi connectivity index (χ4v) is 3.88. The van der Waals surface area contributed by atoms with E-state index in [-0.39, 0.29) is 17.4 Å². The molecule has 3 rings (SSSR count). The maximum Gasteiger partial charge on any atom is 0.295 e. The third kappa shape index (κ3) is 5.19. The number of rotatable bonds is 8. The third-order valence-corrected chi connectivity index (χ3v) is 5.44. The number of benzene rings is 2. The first-order valence-corrected chi connectivity index (χ1v) is 11.0. The van der Waals surface area contributed by atoms with E-state index in [1.54, 1.807) is 29.2 Å². The zero-order chi connectivity index (χ0) is 23.4. The van der Waals surface area contributed by atoms with Crippen molar-refractivity contribution in [1.29, 1.82) is 0 Å². The second-order valence-electron chi connectivity index (χ2n) is 8.75. The summed E-state index contributed by atoms with van der Waals surface area (Å²) in [7, 11) is 3.94. The van der Waals surface area contributed by atoms with Gasteiger partial charge in [-0.1, -0.05) is 29.8 Å². The molecule has 6 nitrogen and oxygen atoms in total. The molecule has 2 aromatic carbocycles. The molecule has 1 atom stereocenters. The molecule has 1 aliphatic heterocycles. The van der Waals surface area contributed by atoms with E-state index in [0.717, 1.165) is 24.1 Å². The lowest BCUT2D eigenvalue weighted by molar-refractivity contribution is -0.139. The molecule has 0 unspecified atom stereocenters. The number of nitrogens with zero attached hydrogens (tertiary/aromatic N) is 2. The van der Waals surface area contributed by atoms with E-state index in [1.807, 2.05) is 64.0 Å². The minimum Gasteiger partial charge on any atom is -0.507 e. The monoisotopic (exact) mass is 436 g/mol. The predicted octanol–water partition coefficient (Wildman–Crippen LogP) is 4.16. The highest BCUT2D eigenvalue weighted by Gasteiger charge is 2.45. The molecular weight excluding hydrogens is 404 g/mol. The van der Waals surface area contributed by atoms with E-state index < -0.39 is 17.7 Å². The molecule has 1 fully saturated rings. The number of aliphatic hydroxyl groups is 1. The van der Waals surface area contributed by atoms with Crippen LogP contribution in [-0.2, 0) is 9.59 Å². The molecule has 2 aromatic rings. The Kier molecular flexibility index (Phi) is 7.36. The molecule has 0 saturated carbocycles. The molecule has 1 saturated heterocycles. The summed E-state index contributed by atoms with van der Waals surface area (Å²) in [6.07, 6.45) is 0.757. The Hall–Kier alpha value is -3.12. The minimum absolute atomic E-state index is 0.0310. The smallest absolute Gasteiger partial charge is 0.295 e. The first kappa shape index (κ1) is 23.5. The highest BCUT2D eigenvalue weighted by Crippen LogP contribution is 2.39. The van der Waals surface area contributed by atoms with Crippen molar-refractivity contribution in [3.63, 3.8) is 0 Å². The minimum atomic E-state index is -0.652. The molecule has 1 amide bonds. The first-order chi connectivity index (χ1) is 15.2.